The van der Waals surface area contributed by atoms with E-state index in [0.29, 0.717) is 0 Å². The van der Waals surface area contributed by atoms with Gasteiger partial charge in [0.2, 0.25) is 0 Å². The SMILES string of the molecule is C=C(C[SiH](C1CC1)C1CC1)OCC. The lowest BCUT2D eigenvalue weighted by Gasteiger charge is -2.15. The molecule has 0 atom stereocenters. The number of rotatable bonds is 6. The minimum atomic E-state index is -0.472. The third kappa shape index (κ3) is 2.60. The summed E-state index contributed by atoms with van der Waals surface area (Å²) in [5.41, 5.74) is 2.31. The second kappa shape index (κ2) is 3.87. The van der Waals surface area contributed by atoms with Crippen molar-refractivity contribution in [1.82, 2.24) is 0 Å². The molecule has 0 radical (unpaired) electrons. The van der Waals surface area contributed by atoms with Crippen LogP contribution in [-0.4, -0.2) is 15.4 Å². The van der Waals surface area contributed by atoms with Crippen LogP contribution in [0.15, 0.2) is 12.3 Å². The van der Waals surface area contributed by atoms with E-state index in [1.807, 2.05) is 0 Å². The summed E-state index contributed by atoms with van der Waals surface area (Å²) in [6.07, 6.45) is 6.08. The fraction of sp³-hybridized carbons (Fsp3) is 0.818. The molecule has 2 aliphatic rings. The second-order valence-corrected chi connectivity index (χ2v) is 8.14. The van der Waals surface area contributed by atoms with E-state index in [2.05, 4.69) is 13.5 Å². The number of hydrogen-bond donors (Lipinski definition) is 0. The highest BCUT2D eigenvalue weighted by molar-refractivity contribution is 6.64. The minimum absolute atomic E-state index is 0.472. The average Bonchev–Trinajstić information content (AvgIpc) is 2.95. The first-order valence-corrected chi connectivity index (χ1v) is 7.76. The summed E-state index contributed by atoms with van der Waals surface area (Å²) in [4.78, 5) is 0. The molecule has 0 aromatic heterocycles. The van der Waals surface area contributed by atoms with E-state index in [4.69, 9.17) is 4.74 Å². The second-order valence-electron chi connectivity index (χ2n) is 4.51. The van der Waals surface area contributed by atoms with Crippen molar-refractivity contribution >= 4 is 8.80 Å². The topological polar surface area (TPSA) is 9.23 Å². The third-order valence-electron chi connectivity index (χ3n) is 3.27. The Labute approximate surface area is 82.8 Å². The van der Waals surface area contributed by atoms with Crippen LogP contribution in [0, 0.1) is 0 Å². The van der Waals surface area contributed by atoms with E-state index in [-0.39, 0.29) is 0 Å². The van der Waals surface area contributed by atoms with Crippen molar-refractivity contribution in [2.45, 2.75) is 49.7 Å². The molecule has 0 saturated heterocycles. The maximum atomic E-state index is 5.47. The van der Waals surface area contributed by atoms with Gasteiger partial charge in [0.25, 0.3) is 0 Å². The summed E-state index contributed by atoms with van der Waals surface area (Å²) in [6.45, 7) is 6.87. The fourth-order valence-corrected chi connectivity index (χ4v) is 6.47. The molecule has 74 valence electrons. The van der Waals surface area contributed by atoms with E-state index in [1.54, 1.807) is 0 Å². The summed E-state index contributed by atoms with van der Waals surface area (Å²) < 4.78 is 5.47. The molecule has 0 aromatic carbocycles. The van der Waals surface area contributed by atoms with Crippen LogP contribution in [0.25, 0.3) is 0 Å². The van der Waals surface area contributed by atoms with Crippen LogP contribution >= 0.6 is 0 Å². The Morgan fingerprint density at radius 3 is 2.23 bits per heavy atom. The third-order valence-corrected chi connectivity index (χ3v) is 7.95. The van der Waals surface area contributed by atoms with Gasteiger partial charge in [-0.3, -0.25) is 0 Å². The van der Waals surface area contributed by atoms with Crippen molar-refractivity contribution < 1.29 is 4.74 Å². The highest BCUT2D eigenvalue weighted by atomic mass is 28.3. The normalized spacial score (nSPS) is 22.0. The smallest absolute Gasteiger partial charge is 0.0859 e. The Hall–Kier alpha value is -0.243. The van der Waals surface area contributed by atoms with Crippen LogP contribution in [0.4, 0.5) is 0 Å². The van der Waals surface area contributed by atoms with Crippen molar-refractivity contribution in [3.8, 4) is 0 Å². The molecule has 0 aromatic rings. The van der Waals surface area contributed by atoms with Crippen LogP contribution in [0.3, 0.4) is 0 Å². The predicted molar refractivity (Wildman–Crippen MR) is 58.7 cm³/mol. The molecule has 1 nitrogen and oxygen atoms in total. The first kappa shape index (κ1) is 9.32. The number of hydrogen-bond acceptors (Lipinski definition) is 1. The summed E-state index contributed by atoms with van der Waals surface area (Å²) in [6, 6.07) is 1.27. The molecule has 0 N–H and O–H groups in total. The Kier molecular flexibility index (Phi) is 2.77. The lowest BCUT2D eigenvalue weighted by molar-refractivity contribution is 0.232. The van der Waals surface area contributed by atoms with Gasteiger partial charge < -0.3 is 4.74 Å². The van der Waals surface area contributed by atoms with Gasteiger partial charge in [-0.2, -0.15) is 0 Å². The molecule has 0 bridgehead atoms. The highest BCUT2D eigenvalue weighted by Crippen LogP contribution is 2.53. The van der Waals surface area contributed by atoms with Crippen molar-refractivity contribution in [1.29, 1.82) is 0 Å². The maximum absolute atomic E-state index is 5.47. The lowest BCUT2D eigenvalue weighted by Crippen LogP contribution is -2.14. The standard InChI is InChI=1S/C11H20OSi/c1-3-12-9(2)8-13(10-4-5-10)11-6-7-11/h10-11,13H,2-8H2,1H3. The van der Waals surface area contributed by atoms with Gasteiger partial charge in [-0.25, -0.2) is 0 Å². The van der Waals surface area contributed by atoms with Crippen molar-refractivity contribution in [3.05, 3.63) is 12.3 Å². The molecule has 0 heterocycles. The zero-order valence-electron chi connectivity index (χ0n) is 8.59. The van der Waals surface area contributed by atoms with Crippen LogP contribution < -0.4 is 0 Å². The van der Waals surface area contributed by atoms with E-state index in [9.17, 15) is 0 Å². The molecular formula is C11H20OSi. The summed E-state index contributed by atoms with van der Waals surface area (Å²) >= 11 is 0. The highest BCUT2D eigenvalue weighted by Gasteiger charge is 2.42. The molecule has 2 saturated carbocycles. The van der Waals surface area contributed by atoms with Crippen molar-refractivity contribution in [2.75, 3.05) is 6.61 Å². The first-order valence-electron chi connectivity index (χ1n) is 5.61. The van der Waals surface area contributed by atoms with E-state index >= 15 is 0 Å². The van der Waals surface area contributed by atoms with Gasteiger partial charge in [-0.05, 0) is 24.1 Å². The van der Waals surface area contributed by atoms with Gasteiger partial charge in [-0.1, -0.05) is 32.3 Å². The maximum Gasteiger partial charge on any atom is 0.0859 e. The Morgan fingerprint density at radius 2 is 1.85 bits per heavy atom. The molecule has 2 aliphatic carbocycles. The van der Waals surface area contributed by atoms with E-state index in [0.717, 1.165) is 23.4 Å². The van der Waals surface area contributed by atoms with Gasteiger partial charge >= 0.3 is 0 Å². The molecule has 0 unspecified atom stereocenters. The molecule has 0 amide bonds. The molecule has 13 heavy (non-hydrogen) atoms. The summed E-state index contributed by atoms with van der Waals surface area (Å²) in [5.74, 6) is 1.08. The fourth-order valence-electron chi connectivity index (χ4n) is 2.29. The van der Waals surface area contributed by atoms with Crippen LogP contribution in [-0.2, 0) is 4.74 Å². The van der Waals surface area contributed by atoms with Gasteiger partial charge in [0.15, 0.2) is 0 Å². The molecular weight excluding hydrogens is 176 g/mol. The summed E-state index contributed by atoms with van der Waals surface area (Å²) in [7, 11) is -0.472. The van der Waals surface area contributed by atoms with Crippen LogP contribution in [0.5, 0.6) is 0 Å². The molecule has 0 aliphatic heterocycles. The van der Waals surface area contributed by atoms with Crippen LogP contribution in [0.1, 0.15) is 32.6 Å². The van der Waals surface area contributed by atoms with Crippen molar-refractivity contribution in [3.63, 3.8) is 0 Å². The van der Waals surface area contributed by atoms with E-state index < -0.39 is 8.80 Å². The molecule has 2 rings (SSSR count). The molecule has 2 fully saturated rings. The Bertz CT molecular complexity index is 182. The van der Waals surface area contributed by atoms with Gasteiger partial charge in [0.1, 0.15) is 0 Å². The quantitative estimate of drug-likeness (QED) is 0.468. The van der Waals surface area contributed by atoms with Crippen molar-refractivity contribution in [2.24, 2.45) is 0 Å². The zero-order valence-corrected chi connectivity index (χ0v) is 9.74. The summed E-state index contributed by atoms with van der Waals surface area (Å²) in [5, 5.41) is 0. The molecule has 0 spiro atoms. The minimum Gasteiger partial charge on any atom is -0.499 e. The predicted octanol–water partition coefficient (Wildman–Crippen LogP) is 3.09. The lowest BCUT2D eigenvalue weighted by atomic mass is 10.6. The number of allylic oxidation sites excluding steroid dienone is 1. The first-order chi connectivity index (χ1) is 6.31. The van der Waals surface area contributed by atoms with E-state index in [1.165, 1.54) is 31.7 Å². The Morgan fingerprint density at radius 1 is 1.31 bits per heavy atom. The monoisotopic (exact) mass is 196 g/mol. The van der Waals surface area contributed by atoms with Gasteiger partial charge in [-0.15, -0.1) is 0 Å². The van der Waals surface area contributed by atoms with Gasteiger partial charge in [0.05, 0.1) is 21.2 Å². The van der Waals surface area contributed by atoms with Crippen LogP contribution in [0.2, 0.25) is 17.1 Å². The Balaban J connectivity index is 1.78. The largest absolute Gasteiger partial charge is 0.499 e. The average molecular weight is 196 g/mol. The zero-order chi connectivity index (χ0) is 9.26. The molecule has 2 heteroatoms. The van der Waals surface area contributed by atoms with Gasteiger partial charge in [0, 0.05) is 0 Å². The number of ether oxygens (including phenoxy) is 1.